The molecule has 0 atom stereocenters. The average molecular weight is 271 g/mol. The molecule has 0 aliphatic rings. The molecule has 0 aliphatic carbocycles. The van der Waals surface area contributed by atoms with E-state index in [1.54, 1.807) is 4.90 Å². The average Bonchev–Trinajstić information content (AvgIpc) is 2.77. The minimum atomic E-state index is -0.0304. The van der Waals surface area contributed by atoms with Gasteiger partial charge < -0.3 is 10.0 Å². The molecule has 0 spiro atoms. The van der Waals surface area contributed by atoms with Crippen molar-refractivity contribution in [1.82, 2.24) is 14.5 Å². The standard InChI is InChI=1S/C12H21N3O2S/c1-8(2)10-11(18-14-13-10)12(17)15(9(3)4)6-5-7-16/h8-9,16H,5-7H2,1-4H3. The lowest BCUT2D eigenvalue weighted by Crippen LogP contribution is -2.38. The third-order valence-electron chi connectivity index (χ3n) is 2.70. The third kappa shape index (κ3) is 3.49. The first-order valence-electron chi connectivity index (χ1n) is 6.23. The molecule has 0 fully saturated rings. The molecule has 1 heterocycles. The zero-order chi connectivity index (χ0) is 13.7. The normalized spacial score (nSPS) is 11.3. The number of carbonyl (C=O) groups is 1. The molecule has 0 bridgehead atoms. The van der Waals surface area contributed by atoms with Crippen LogP contribution in [-0.2, 0) is 0 Å². The van der Waals surface area contributed by atoms with Crippen molar-refractivity contribution in [3.8, 4) is 0 Å². The van der Waals surface area contributed by atoms with Gasteiger partial charge >= 0.3 is 0 Å². The first-order chi connectivity index (χ1) is 8.49. The summed E-state index contributed by atoms with van der Waals surface area (Å²) in [4.78, 5) is 14.8. The number of nitrogens with zero attached hydrogens (tertiary/aromatic N) is 3. The lowest BCUT2D eigenvalue weighted by molar-refractivity contribution is 0.0696. The van der Waals surface area contributed by atoms with Crippen molar-refractivity contribution in [2.45, 2.75) is 46.1 Å². The molecule has 102 valence electrons. The maximum atomic E-state index is 12.5. The fourth-order valence-electron chi connectivity index (χ4n) is 1.69. The summed E-state index contributed by atoms with van der Waals surface area (Å²) in [7, 11) is 0. The minimum Gasteiger partial charge on any atom is -0.396 e. The van der Waals surface area contributed by atoms with Gasteiger partial charge in [0, 0.05) is 19.2 Å². The zero-order valence-corrected chi connectivity index (χ0v) is 12.2. The van der Waals surface area contributed by atoms with E-state index in [1.807, 2.05) is 27.7 Å². The van der Waals surface area contributed by atoms with E-state index in [-0.39, 0.29) is 24.5 Å². The van der Waals surface area contributed by atoms with Crippen molar-refractivity contribution < 1.29 is 9.90 Å². The van der Waals surface area contributed by atoms with E-state index in [9.17, 15) is 4.79 Å². The molecule has 1 aromatic rings. The van der Waals surface area contributed by atoms with Crippen LogP contribution < -0.4 is 0 Å². The molecule has 6 heteroatoms. The van der Waals surface area contributed by atoms with E-state index in [2.05, 4.69) is 9.59 Å². The number of hydrogen-bond acceptors (Lipinski definition) is 5. The summed E-state index contributed by atoms with van der Waals surface area (Å²) in [5.41, 5.74) is 0.764. The summed E-state index contributed by atoms with van der Waals surface area (Å²) in [6.45, 7) is 8.59. The zero-order valence-electron chi connectivity index (χ0n) is 11.4. The van der Waals surface area contributed by atoms with Gasteiger partial charge in [-0.3, -0.25) is 4.79 Å². The first kappa shape index (κ1) is 15.0. The fourth-order valence-corrected chi connectivity index (χ4v) is 2.47. The highest BCUT2D eigenvalue weighted by Crippen LogP contribution is 2.22. The van der Waals surface area contributed by atoms with Crippen LogP contribution >= 0.6 is 11.5 Å². The van der Waals surface area contributed by atoms with Crippen LogP contribution in [0.25, 0.3) is 0 Å². The Hall–Kier alpha value is -1.01. The van der Waals surface area contributed by atoms with E-state index in [1.165, 1.54) is 0 Å². The molecule has 1 amide bonds. The Morgan fingerprint density at radius 1 is 1.39 bits per heavy atom. The molecule has 1 aromatic heterocycles. The van der Waals surface area contributed by atoms with E-state index < -0.39 is 0 Å². The van der Waals surface area contributed by atoms with Gasteiger partial charge in [0.15, 0.2) is 0 Å². The number of aromatic nitrogens is 2. The molecular formula is C12H21N3O2S. The number of carbonyl (C=O) groups excluding carboxylic acids is 1. The van der Waals surface area contributed by atoms with Crippen LogP contribution in [0, 0.1) is 0 Å². The highest BCUT2D eigenvalue weighted by Gasteiger charge is 2.25. The number of aliphatic hydroxyl groups excluding tert-OH is 1. The third-order valence-corrected chi connectivity index (χ3v) is 3.43. The summed E-state index contributed by atoms with van der Waals surface area (Å²) in [6, 6.07) is 0.103. The second-order valence-corrected chi connectivity index (χ2v) is 5.57. The van der Waals surface area contributed by atoms with Crippen molar-refractivity contribution in [2.24, 2.45) is 0 Å². The van der Waals surface area contributed by atoms with Crippen LogP contribution in [0.15, 0.2) is 0 Å². The van der Waals surface area contributed by atoms with Crippen molar-refractivity contribution in [3.63, 3.8) is 0 Å². The van der Waals surface area contributed by atoms with Gasteiger partial charge in [0.2, 0.25) is 0 Å². The molecule has 0 saturated heterocycles. The molecular weight excluding hydrogens is 250 g/mol. The minimum absolute atomic E-state index is 0.0304. The smallest absolute Gasteiger partial charge is 0.267 e. The van der Waals surface area contributed by atoms with Crippen LogP contribution in [0.4, 0.5) is 0 Å². The number of hydrogen-bond donors (Lipinski definition) is 1. The largest absolute Gasteiger partial charge is 0.396 e. The Morgan fingerprint density at radius 2 is 2.06 bits per heavy atom. The van der Waals surface area contributed by atoms with E-state index in [4.69, 9.17) is 5.11 Å². The van der Waals surface area contributed by atoms with Crippen LogP contribution in [0.2, 0.25) is 0 Å². The number of amides is 1. The SMILES string of the molecule is CC(C)c1nnsc1C(=O)N(CCCO)C(C)C. The molecule has 0 saturated carbocycles. The van der Waals surface area contributed by atoms with Crippen molar-refractivity contribution in [1.29, 1.82) is 0 Å². The summed E-state index contributed by atoms with van der Waals surface area (Å²) >= 11 is 1.15. The second kappa shape index (κ2) is 6.80. The summed E-state index contributed by atoms with van der Waals surface area (Å²) in [5.74, 6) is 0.159. The number of aliphatic hydroxyl groups is 1. The Bertz CT molecular complexity index is 390. The first-order valence-corrected chi connectivity index (χ1v) is 7.00. The van der Waals surface area contributed by atoms with Crippen LogP contribution in [-0.4, -0.2) is 44.7 Å². The maximum Gasteiger partial charge on any atom is 0.267 e. The van der Waals surface area contributed by atoms with E-state index >= 15 is 0 Å². The maximum absolute atomic E-state index is 12.5. The van der Waals surface area contributed by atoms with Crippen LogP contribution in [0.5, 0.6) is 0 Å². The van der Waals surface area contributed by atoms with Crippen LogP contribution in [0.1, 0.15) is 55.4 Å². The summed E-state index contributed by atoms with van der Waals surface area (Å²) < 4.78 is 3.88. The molecule has 0 aliphatic heterocycles. The number of rotatable bonds is 6. The monoisotopic (exact) mass is 271 g/mol. The molecule has 5 nitrogen and oxygen atoms in total. The fraction of sp³-hybridized carbons (Fsp3) is 0.750. The van der Waals surface area contributed by atoms with E-state index in [0.29, 0.717) is 17.8 Å². The quantitative estimate of drug-likeness (QED) is 0.858. The lowest BCUT2D eigenvalue weighted by atomic mass is 10.1. The van der Waals surface area contributed by atoms with Gasteiger partial charge in [-0.25, -0.2) is 0 Å². The molecule has 1 rings (SSSR count). The van der Waals surface area contributed by atoms with Crippen molar-refractivity contribution in [3.05, 3.63) is 10.6 Å². The lowest BCUT2D eigenvalue weighted by Gasteiger charge is -2.26. The van der Waals surface area contributed by atoms with Gasteiger partial charge in [-0.05, 0) is 37.7 Å². The highest BCUT2D eigenvalue weighted by atomic mass is 32.1. The van der Waals surface area contributed by atoms with Gasteiger partial charge in [0.05, 0.1) is 5.69 Å². The van der Waals surface area contributed by atoms with Gasteiger partial charge in [0.25, 0.3) is 5.91 Å². The van der Waals surface area contributed by atoms with Gasteiger partial charge in [-0.1, -0.05) is 18.3 Å². The molecule has 0 unspecified atom stereocenters. The van der Waals surface area contributed by atoms with Gasteiger partial charge in [-0.2, -0.15) is 0 Å². The Labute approximate surface area is 112 Å². The van der Waals surface area contributed by atoms with Crippen molar-refractivity contribution >= 4 is 17.4 Å². The highest BCUT2D eigenvalue weighted by molar-refractivity contribution is 7.08. The van der Waals surface area contributed by atoms with Gasteiger partial charge in [-0.15, -0.1) is 5.10 Å². The van der Waals surface area contributed by atoms with E-state index in [0.717, 1.165) is 17.2 Å². The molecule has 0 radical (unpaired) electrons. The Kier molecular flexibility index (Phi) is 5.68. The predicted octanol–water partition coefficient (Wildman–Crippen LogP) is 1.89. The molecule has 0 aromatic carbocycles. The summed E-state index contributed by atoms with van der Waals surface area (Å²) in [6.07, 6.45) is 0.590. The van der Waals surface area contributed by atoms with Gasteiger partial charge in [0.1, 0.15) is 4.88 Å². The van der Waals surface area contributed by atoms with Crippen LogP contribution in [0.3, 0.4) is 0 Å². The predicted molar refractivity (Wildman–Crippen MR) is 71.9 cm³/mol. The Balaban J connectivity index is 2.91. The topological polar surface area (TPSA) is 66.3 Å². The Morgan fingerprint density at radius 3 is 2.56 bits per heavy atom. The van der Waals surface area contributed by atoms with Crippen molar-refractivity contribution in [2.75, 3.05) is 13.2 Å². The second-order valence-electron chi connectivity index (χ2n) is 4.81. The molecule has 1 N–H and O–H groups in total. The summed E-state index contributed by atoms with van der Waals surface area (Å²) in [5, 5.41) is 12.9. The molecule has 18 heavy (non-hydrogen) atoms.